The minimum Gasteiger partial charge on any atom is -0.383 e. The molecule has 0 unspecified atom stereocenters. The summed E-state index contributed by atoms with van der Waals surface area (Å²) in [5.41, 5.74) is 1.23. The molecule has 0 aliphatic carbocycles. The number of anilines is 1. The average molecular weight is 227 g/mol. The summed E-state index contributed by atoms with van der Waals surface area (Å²) in [6.45, 7) is 1.72. The SMILES string of the molecule is N#Cc1ncccc1NCCCn1ccnc1. The molecule has 0 amide bonds. The van der Waals surface area contributed by atoms with Crippen LogP contribution < -0.4 is 5.32 Å². The monoisotopic (exact) mass is 227 g/mol. The molecule has 5 nitrogen and oxygen atoms in total. The van der Waals surface area contributed by atoms with E-state index in [-0.39, 0.29) is 0 Å². The lowest BCUT2D eigenvalue weighted by Crippen LogP contribution is -2.07. The van der Waals surface area contributed by atoms with Crippen molar-refractivity contribution in [1.29, 1.82) is 5.26 Å². The number of nitrogens with one attached hydrogen (secondary N) is 1. The summed E-state index contributed by atoms with van der Waals surface area (Å²) >= 11 is 0. The van der Waals surface area contributed by atoms with Gasteiger partial charge >= 0.3 is 0 Å². The molecule has 2 rings (SSSR count). The summed E-state index contributed by atoms with van der Waals surface area (Å²) in [6.07, 6.45) is 8.09. The molecule has 0 bridgehead atoms. The summed E-state index contributed by atoms with van der Waals surface area (Å²) in [6, 6.07) is 5.74. The molecule has 1 N–H and O–H groups in total. The molecule has 0 aliphatic rings. The van der Waals surface area contributed by atoms with Gasteiger partial charge in [0.2, 0.25) is 0 Å². The van der Waals surface area contributed by atoms with Gasteiger partial charge in [-0.15, -0.1) is 0 Å². The molecule has 0 atom stereocenters. The molecule has 5 heteroatoms. The predicted molar refractivity (Wildman–Crippen MR) is 64.3 cm³/mol. The molecule has 0 saturated heterocycles. The molecule has 0 fully saturated rings. The van der Waals surface area contributed by atoms with Crippen LogP contribution in [0.25, 0.3) is 0 Å². The van der Waals surface area contributed by atoms with Crippen molar-refractivity contribution in [2.24, 2.45) is 0 Å². The third kappa shape index (κ3) is 3.05. The number of hydrogen-bond donors (Lipinski definition) is 1. The van der Waals surface area contributed by atoms with Gasteiger partial charge in [-0.25, -0.2) is 9.97 Å². The zero-order valence-electron chi connectivity index (χ0n) is 9.37. The van der Waals surface area contributed by atoms with E-state index >= 15 is 0 Å². The quantitative estimate of drug-likeness (QED) is 0.789. The Morgan fingerprint density at radius 2 is 2.35 bits per heavy atom. The van der Waals surface area contributed by atoms with E-state index in [2.05, 4.69) is 21.4 Å². The van der Waals surface area contributed by atoms with Crippen LogP contribution in [-0.4, -0.2) is 21.1 Å². The van der Waals surface area contributed by atoms with Crippen LogP contribution in [-0.2, 0) is 6.54 Å². The van der Waals surface area contributed by atoms with E-state index in [4.69, 9.17) is 5.26 Å². The van der Waals surface area contributed by atoms with E-state index in [0.717, 1.165) is 25.2 Å². The van der Waals surface area contributed by atoms with Crippen LogP contribution in [0.1, 0.15) is 12.1 Å². The van der Waals surface area contributed by atoms with Crippen molar-refractivity contribution in [3.05, 3.63) is 42.7 Å². The Hall–Kier alpha value is -2.35. The Kier molecular flexibility index (Phi) is 3.71. The minimum absolute atomic E-state index is 0.440. The minimum atomic E-state index is 0.440. The highest BCUT2D eigenvalue weighted by Crippen LogP contribution is 2.10. The van der Waals surface area contributed by atoms with Crippen molar-refractivity contribution in [1.82, 2.24) is 14.5 Å². The highest BCUT2D eigenvalue weighted by Gasteiger charge is 2.00. The zero-order valence-corrected chi connectivity index (χ0v) is 9.37. The molecule has 0 radical (unpaired) electrons. The molecule has 0 aromatic carbocycles. The standard InChI is InChI=1S/C12H13N5/c13-9-12-11(3-1-4-16-12)15-5-2-7-17-8-6-14-10-17/h1,3-4,6,8,10,15H,2,5,7H2. The number of aromatic nitrogens is 3. The van der Waals surface area contributed by atoms with E-state index in [0.29, 0.717) is 5.69 Å². The fourth-order valence-electron chi connectivity index (χ4n) is 1.54. The molecular weight excluding hydrogens is 214 g/mol. The predicted octanol–water partition coefficient (Wildman–Crippen LogP) is 1.65. The molecule has 2 heterocycles. The van der Waals surface area contributed by atoms with Crippen molar-refractivity contribution in [3.63, 3.8) is 0 Å². The fraction of sp³-hybridized carbons (Fsp3) is 0.250. The van der Waals surface area contributed by atoms with Crippen molar-refractivity contribution < 1.29 is 0 Å². The highest BCUT2D eigenvalue weighted by molar-refractivity contribution is 5.53. The number of pyridine rings is 1. The molecular formula is C12H13N5. The van der Waals surface area contributed by atoms with Crippen LogP contribution in [0.5, 0.6) is 0 Å². The number of nitriles is 1. The van der Waals surface area contributed by atoms with Gasteiger partial charge in [0.05, 0.1) is 12.0 Å². The Bertz CT molecular complexity index is 498. The first kappa shape index (κ1) is 11.1. The summed E-state index contributed by atoms with van der Waals surface area (Å²) in [7, 11) is 0. The summed E-state index contributed by atoms with van der Waals surface area (Å²) in [5.74, 6) is 0. The maximum absolute atomic E-state index is 8.86. The third-order valence-corrected chi connectivity index (χ3v) is 2.38. The maximum Gasteiger partial charge on any atom is 0.163 e. The molecule has 0 saturated carbocycles. The van der Waals surface area contributed by atoms with E-state index in [1.54, 1.807) is 18.7 Å². The third-order valence-electron chi connectivity index (χ3n) is 2.38. The molecule has 0 aliphatic heterocycles. The molecule has 17 heavy (non-hydrogen) atoms. The van der Waals surface area contributed by atoms with Crippen LogP contribution in [0, 0.1) is 11.3 Å². The van der Waals surface area contributed by atoms with Crippen molar-refractivity contribution >= 4 is 5.69 Å². The molecule has 2 aromatic rings. The number of hydrogen-bond acceptors (Lipinski definition) is 4. The van der Waals surface area contributed by atoms with Crippen molar-refractivity contribution in [2.45, 2.75) is 13.0 Å². The van der Waals surface area contributed by atoms with Gasteiger partial charge in [0.1, 0.15) is 6.07 Å². The van der Waals surface area contributed by atoms with Crippen molar-refractivity contribution in [2.75, 3.05) is 11.9 Å². The second-order valence-corrected chi connectivity index (χ2v) is 3.59. The van der Waals surface area contributed by atoms with Crippen LogP contribution in [0.2, 0.25) is 0 Å². The van der Waals surface area contributed by atoms with Gasteiger partial charge < -0.3 is 9.88 Å². The Morgan fingerprint density at radius 1 is 1.41 bits per heavy atom. The summed E-state index contributed by atoms with van der Waals surface area (Å²) in [5, 5.41) is 12.1. The Balaban J connectivity index is 1.80. The van der Waals surface area contributed by atoms with Crippen molar-refractivity contribution in [3.8, 4) is 6.07 Å². The lowest BCUT2D eigenvalue weighted by atomic mass is 10.3. The van der Waals surface area contributed by atoms with E-state index in [1.165, 1.54) is 0 Å². The van der Waals surface area contributed by atoms with Gasteiger partial charge in [-0.05, 0) is 18.6 Å². The summed E-state index contributed by atoms with van der Waals surface area (Å²) in [4.78, 5) is 7.96. The smallest absolute Gasteiger partial charge is 0.163 e. The lowest BCUT2D eigenvalue weighted by molar-refractivity contribution is 0.660. The van der Waals surface area contributed by atoms with Crippen LogP contribution >= 0.6 is 0 Å². The topological polar surface area (TPSA) is 66.5 Å². The zero-order chi connectivity index (χ0) is 11.9. The molecule has 2 aromatic heterocycles. The maximum atomic E-state index is 8.86. The van der Waals surface area contributed by atoms with E-state index < -0.39 is 0 Å². The number of imidazole rings is 1. The molecule has 0 spiro atoms. The van der Waals surface area contributed by atoms with Gasteiger partial charge in [-0.2, -0.15) is 5.26 Å². The largest absolute Gasteiger partial charge is 0.383 e. The van der Waals surface area contributed by atoms with Gasteiger partial charge in [0, 0.05) is 31.7 Å². The number of aryl methyl sites for hydroxylation is 1. The average Bonchev–Trinajstić information content (AvgIpc) is 2.88. The van der Waals surface area contributed by atoms with Gasteiger partial charge in [-0.1, -0.05) is 0 Å². The highest BCUT2D eigenvalue weighted by atomic mass is 15.0. The number of nitrogens with zero attached hydrogens (tertiary/aromatic N) is 4. The van der Waals surface area contributed by atoms with Crippen LogP contribution in [0.3, 0.4) is 0 Å². The normalized spacial score (nSPS) is 9.82. The van der Waals surface area contributed by atoms with E-state index in [1.807, 2.05) is 22.9 Å². The Morgan fingerprint density at radius 3 is 3.12 bits per heavy atom. The number of rotatable bonds is 5. The van der Waals surface area contributed by atoms with Crippen LogP contribution in [0.4, 0.5) is 5.69 Å². The lowest BCUT2D eigenvalue weighted by Gasteiger charge is -2.07. The van der Waals surface area contributed by atoms with Gasteiger partial charge in [-0.3, -0.25) is 0 Å². The van der Waals surface area contributed by atoms with Crippen LogP contribution in [0.15, 0.2) is 37.1 Å². The Labute approximate surface area is 99.7 Å². The van der Waals surface area contributed by atoms with Gasteiger partial charge in [0.25, 0.3) is 0 Å². The molecule has 86 valence electrons. The van der Waals surface area contributed by atoms with Gasteiger partial charge in [0.15, 0.2) is 5.69 Å². The fourth-order valence-corrected chi connectivity index (χ4v) is 1.54. The second-order valence-electron chi connectivity index (χ2n) is 3.59. The first-order valence-corrected chi connectivity index (χ1v) is 5.45. The first-order chi connectivity index (χ1) is 8.40. The first-order valence-electron chi connectivity index (χ1n) is 5.45. The second kappa shape index (κ2) is 5.66. The summed E-state index contributed by atoms with van der Waals surface area (Å²) < 4.78 is 2.02. The van der Waals surface area contributed by atoms with E-state index in [9.17, 15) is 0 Å².